The first-order chi connectivity index (χ1) is 10.1. The van der Waals surface area contributed by atoms with E-state index in [-0.39, 0.29) is 11.8 Å². The van der Waals surface area contributed by atoms with E-state index in [1.54, 1.807) is 0 Å². The van der Waals surface area contributed by atoms with Crippen LogP contribution < -0.4 is 0 Å². The SMILES string of the molecule is CC(C)C(=O)N(C)CC1CCN(Cc2ccccc2)CC1. The molecule has 1 heterocycles. The molecule has 0 atom stereocenters. The van der Waals surface area contributed by atoms with Crippen LogP contribution in [-0.2, 0) is 11.3 Å². The van der Waals surface area contributed by atoms with Gasteiger partial charge in [-0.3, -0.25) is 9.69 Å². The lowest BCUT2D eigenvalue weighted by molar-refractivity contribution is -0.133. The van der Waals surface area contributed by atoms with E-state index >= 15 is 0 Å². The van der Waals surface area contributed by atoms with Crippen LogP contribution in [0.2, 0.25) is 0 Å². The van der Waals surface area contributed by atoms with E-state index in [4.69, 9.17) is 0 Å². The molecule has 21 heavy (non-hydrogen) atoms. The molecule has 1 aromatic rings. The summed E-state index contributed by atoms with van der Waals surface area (Å²) in [4.78, 5) is 16.4. The summed E-state index contributed by atoms with van der Waals surface area (Å²) in [6, 6.07) is 10.7. The van der Waals surface area contributed by atoms with Crippen LogP contribution in [0.25, 0.3) is 0 Å². The van der Waals surface area contributed by atoms with Gasteiger partial charge in [-0.25, -0.2) is 0 Å². The van der Waals surface area contributed by atoms with Gasteiger partial charge in [0.1, 0.15) is 0 Å². The van der Waals surface area contributed by atoms with Gasteiger partial charge in [-0.15, -0.1) is 0 Å². The first-order valence-electron chi connectivity index (χ1n) is 8.07. The van der Waals surface area contributed by atoms with Crippen molar-refractivity contribution in [2.45, 2.75) is 33.2 Å². The maximum absolute atomic E-state index is 11.9. The summed E-state index contributed by atoms with van der Waals surface area (Å²) in [5.74, 6) is 1.03. The molecule has 3 heteroatoms. The summed E-state index contributed by atoms with van der Waals surface area (Å²) in [6.07, 6.45) is 2.39. The second kappa shape index (κ2) is 7.60. The smallest absolute Gasteiger partial charge is 0.224 e. The van der Waals surface area contributed by atoms with Crippen LogP contribution in [0, 0.1) is 11.8 Å². The van der Waals surface area contributed by atoms with E-state index in [1.807, 2.05) is 25.8 Å². The van der Waals surface area contributed by atoms with Crippen molar-refractivity contribution < 1.29 is 4.79 Å². The number of piperidine rings is 1. The molecular formula is C18H28N2O. The van der Waals surface area contributed by atoms with Gasteiger partial charge in [-0.1, -0.05) is 44.2 Å². The molecule has 2 rings (SSSR count). The molecule has 0 radical (unpaired) electrons. The predicted octanol–water partition coefficient (Wildman–Crippen LogP) is 3.01. The Kier molecular flexibility index (Phi) is 5.80. The topological polar surface area (TPSA) is 23.6 Å². The van der Waals surface area contributed by atoms with Gasteiger partial charge in [0.15, 0.2) is 0 Å². The minimum absolute atomic E-state index is 0.105. The molecule has 0 unspecified atom stereocenters. The summed E-state index contributed by atoms with van der Waals surface area (Å²) < 4.78 is 0. The number of likely N-dealkylation sites (tertiary alicyclic amines) is 1. The van der Waals surface area contributed by atoms with Crippen LogP contribution >= 0.6 is 0 Å². The number of hydrogen-bond donors (Lipinski definition) is 0. The third-order valence-electron chi connectivity index (χ3n) is 4.36. The predicted molar refractivity (Wildman–Crippen MR) is 86.9 cm³/mol. The molecule has 0 spiro atoms. The largest absolute Gasteiger partial charge is 0.345 e. The molecule has 0 aliphatic carbocycles. The number of amides is 1. The number of carbonyl (C=O) groups is 1. The Morgan fingerprint density at radius 2 is 1.86 bits per heavy atom. The molecule has 1 fully saturated rings. The van der Waals surface area contributed by atoms with E-state index in [0.717, 1.165) is 26.2 Å². The van der Waals surface area contributed by atoms with Crippen molar-refractivity contribution in [3.05, 3.63) is 35.9 Å². The highest BCUT2D eigenvalue weighted by Crippen LogP contribution is 2.20. The number of hydrogen-bond acceptors (Lipinski definition) is 2. The zero-order chi connectivity index (χ0) is 15.2. The average Bonchev–Trinajstić information content (AvgIpc) is 2.49. The normalized spacial score (nSPS) is 17.1. The Morgan fingerprint density at radius 3 is 2.43 bits per heavy atom. The standard InChI is InChI=1S/C18H28N2O/c1-15(2)18(21)19(3)13-17-9-11-20(12-10-17)14-16-7-5-4-6-8-16/h4-8,15,17H,9-14H2,1-3H3. The molecule has 1 amide bonds. The van der Waals surface area contributed by atoms with Crippen molar-refractivity contribution in [2.24, 2.45) is 11.8 Å². The van der Waals surface area contributed by atoms with Crippen molar-refractivity contribution >= 4 is 5.91 Å². The summed E-state index contributed by atoms with van der Waals surface area (Å²) in [6.45, 7) is 8.19. The Labute approximate surface area is 128 Å². The van der Waals surface area contributed by atoms with E-state index in [1.165, 1.54) is 18.4 Å². The van der Waals surface area contributed by atoms with Crippen LogP contribution in [-0.4, -0.2) is 42.4 Å². The zero-order valence-corrected chi connectivity index (χ0v) is 13.6. The minimum atomic E-state index is 0.105. The summed E-state index contributed by atoms with van der Waals surface area (Å²) in [5, 5.41) is 0. The van der Waals surface area contributed by atoms with Crippen LogP contribution in [0.3, 0.4) is 0 Å². The highest BCUT2D eigenvalue weighted by Gasteiger charge is 2.22. The van der Waals surface area contributed by atoms with E-state index < -0.39 is 0 Å². The number of benzene rings is 1. The van der Waals surface area contributed by atoms with E-state index in [0.29, 0.717) is 5.92 Å². The Morgan fingerprint density at radius 1 is 1.24 bits per heavy atom. The fourth-order valence-corrected chi connectivity index (χ4v) is 3.09. The first-order valence-corrected chi connectivity index (χ1v) is 8.07. The second-order valence-corrected chi connectivity index (χ2v) is 6.58. The molecule has 1 aliphatic heterocycles. The number of nitrogens with zero attached hydrogens (tertiary/aromatic N) is 2. The second-order valence-electron chi connectivity index (χ2n) is 6.58. The summed E-state index contributed by atoms with van der Waals surface area (Å²) in [5.41, 5.74) is 1.39. The van der Waals surface area contributed by atoms with E-state index in [2.05, 4.69) is 35.2 Å². The first kappa shape index (κ1) is 16.0. The van der Waals surface area contributed by atoms with Gasteiger partial charge < -0.3 is 4.90 Å². The van der Waals surface area contributed by atoms with Crippen LogP contribution in [0.5, 0.6) is 0 Å². The fraction of sp³-hybridized carbons (Fsp3) is 0.611. The lowest BCUT2D eigenvalue weighted by Crippen LogP contribution is -2.40. The van der Waals surface area contributed by atoms with Crippen molar-refractivity contribution in [3.8, 4) is 0 Å². The molecule has 1 saturated heterocycles. The Hall–Kier alpha value is -1.35. The molecular weight excluding hydrogens is 260 g/mol. The zero-order valence-electron chi connectivity index (χ0n) is 13.6. The van der Waals surface area contributed by atoms with Gasteiger partial charge in [0.2, 0.25) is 5.91 Å². The molecule has 0 N–H and O–H groups in total. The van der Waals surface area contributed by atoms with Gasteiger partial charge in [-0.05, 0) is 37.4 Å². The summed E-state index contributed by atoms with van der Waals surface area (Å²) in [7, 11) is 1.94. The van der Waals surface area contributed by atoms with Crippen molar-refractivity contribution in [2.75, 3.05) is 26.7 Å². The van der Waals surface area contributed by atoms with E-state index in [9.17, 15) is 4.79 Å². The number of carbonyl (C=O) groups excluding carboxylic acids is 1. The molecule has 0 aromatic heterocycles. The monoisotopic (exact) mass is 288 g/mol. The third kappa shape index (κ3) is 4.85. The van der Waals surface area contributed by atoms with Gasteiger partial charge in [-0.2, -0.15) is 0 Å². The van der Waals surface area contributed by atoms with Gasteiger partial charge in [0.05, 0.1) is 0 Å². The third-order valence-corrected chi connectivity index (χ3v) is 4.36. The maximum atomic E-state index is 11.9. The molecule has 0 saturated carbocycles. The fourth-order valence-electron chi connectivity index (χ4n) is 3.09. The summed E-state index contributed by atoms with van der Waals surface area (Å²) >= 11 is 0. The lowest BCUT2D eigenvalue weighted by Gasteiger charge is -2.34. The van der Waals surface area contributed by atoms with Gasteiger partial charge in [0, 0.05) is 26.1 Å². The van der Waals surface area contributed by atoms with Crippen LogP contribution in [0.1, 0.15) is 32.3 Å². The van der Waals surface area contributed by atoms with Crippen LogP contribution in [0.4, 0.5) is 0 Å². The molecule has 3 nitrogen and oxygen atoms in total. The molecule has 0 bridgehead atoms. The maximum Gasteiger partial charge on any atom is 0.224 e. The van der Waals surface area contributed by atoms with Crippen LogP contribution in [0.15, 0.2) is 30.3 Å². The Balaban J connectivity index is 1.74. The van der Waals surface area contributed by atoms with Crippen molar-refractivity contribution in [1.29, 1.82) is 0 Å². The lowest BCUT2D eigenvalue weighted by atomic mass is 9.95. The molecule has 1 aromatic carbocycles. The minimum Gasteiger partial charge on any atom is -0.345 e. The van der Waals surface area contributed by atoms with Crippen molar-refractivity contribution in [1.82, 2.24) is 9.80 Å². The number of rotatable bonds is 5. The highest BCUT2D eigenvalue weighted by atomic mass is 16.2. The van der Waals surface area contributed by atoms with Crippen molar-refractivity contribution in [3.63, 3.8) is 0 Å². The molecule has 1 aliphatic rings. The molecule has 116 valence electrons. The van der Waals surface area contributed by atoms with Gasteiger partial charge in [0.25, 0.3) is 0 Å². The van der Waals surface area contributed by atoms with Gasteiger partial charge >= 0.3 is 0 Å². The average molecular weight is 288 g/mol. The highest BCUT2D eigenvalue weighted by molar-refractivity contribution is 5.77. The quantitative estimate of drug-likeness (QED) is 0.831. The Bertz CT molecular complexity index is 436.